The Morgan fingerprint density at radius 1 is 0.933 bits per heavy atom. The van der Waals surface area contributed by atoms with Gasteiger partial charge in [0.1, 0.15) is 0 Å². The molecular weight excluding hydrogens is 396 g/mol. The third-order valence-electron chi connectivity index (χ3n) is 6.05. The number of aromatic nitrogens is 4. The second kappa shape index (κ2) is 8.07. The van der Waals surface area contributed by atoms with Gasteiger partial charge in [0, 0.05) is 36.0 Å². The van der Waals surface area contributed by atoms with Gasteiger partial charge in [0.15, 0.2) is 0 Å². The Labute approximate surface area is 181 Å². The second-order valence-electron chi connectivity index (χ2n) is 7.93. The van der Waals surface area contributed by atoms with Crippen molar-refractivity contribution in [3.05, 3.63) is 76.0 Å². The number of pyridine rings is 1. The van der Waals surface area contributed by atoms with Gasteiger partial charge in [0.25, 0.3) is 5.56 Å². The largest absolute Gasteiger partial charge is 0.347 e. The summed E-state index contributed by atoms with van der Waals surface area (Å²) in [6.07, 6.45) is 7.94. The van der Waals surface area contributed by atoms with Crippen molar-refractivity contribution in [2.45, 2.75) is 39.0 Å². The highest BCUT2D eigenvalue weighted by molar-refractivity contribution is 5.87. The highest BCUT2D eigenvalue weighted by atomic mass is 35.5. The maximum absolute atomic E-state index is 12.8. The van der Waals surface area contributed by atoms with Crippen LogP contribution < -0.4 is 5.56 Å². The lowest BCUT2D eigenvalue weighted by atomic mass is 10.1. The molecule has 0 aliphatic heterocycles. The Morgan fingerprint density at radius 3 is 2.53 bits per heavy atom. The molecule has 30 heavy (non-hydrogen) atoms. The predicted octanol–water partition coefficient (Wildman–Crippen LogP) is 4.79. The monoisotopic (exact) mass is 420 g/mol. The molecule has 0 bridgehead atoms. The second-order valence-corrected chi connectivity index (χ2v) is 7.93. The zero-order valence-electron chi connectivity index (χ0n) is 17.3. The van der Waals surface area contributed by atoms with Gasteiger partial charge in [-0.15, -0.1) is 12.4 Å². The molecular formula is C24H25ClN4O. The Bertz CT molecular complexity index is 1270. The van der Waals surface area contributed by atoms with Gasteiger partial charge >= 0.3 is 0 Å². The number of hydrogen-bond acceptors (Lipinski definition) is 3. The molecule has 3 aromatic heterocycles. The first-order valence-corrected chi connectivity index (χ1v) is 10.3. The van der Waals surface area contributed by atoms with E-state index < -0.39 is 0 Å². The van der Waals surface area contributed by atoms with Gasteiger partial charge in [0.2, 0.25) is 0 Å². The van der Waals surface area contributed by atoms with Crippen LogP contribution in [0.4, 0.5) is 0 Å². The third-order valence-corrected chi connectivity index (χ3v) is 6.05. The SMILES string of the molecule is Cc1ccc(-c2ccn(-c3ccc4c5c(n(C)c4c3)CCCCC5)c(=O)c2)nn1.Cl. The summed E-state index contributed by atoms with van der Waals surface area (Å²) in [5, 5.41) is 9.60. The van der Waals surface area contributed by atoms with Crippen LogP contribution in [0.3, 0.4) is 0 Å². The smallest absolute Gasteiger partial charge is 0.255 e. The maximum Gasteiger partial charge on any atom is 0.255 e. The molecule has 4 aromatic rings. The summed E-state index contributed by atoms with van der Waals surface area (Å²) in [6, 6.07) is 13.7. The van der Waals surface area contributed by atoms with Crippen molar-refractivity contribution >= 4 is 23.3 Å². The summed E-state index contributed by atoms with van der Waals surface area (Å²) >= 11 is 0. The van der Waals surface area contributed by atoms with Gasteiger partial charge in [-0.25, -0.2) is 0 Å². The lowest BCUT2D eigenvalue weighted by Crippen LogP contribution is -2.16. The predicted molar refractivity (Wildman–Crippen MR) is 123 cm³/mol. The van der Waals surface area contributed by atoms with E-state index in [4.69, 9.17) is 0 Å². The lowest BCUT2D eigenvalue weighted by molar-refractivity contribution is 0.698. The molecule has 6 heteroatoms. The molecule has 0 amide bonds. The number of benzene rings is 1. The number of nitrogens with zero attached hydrogens (tertiary/aromatic N) is 4. The molecule has 0 spiro atoms. The van der Waals surface area contributed by atoms with Crippen LogP contribution in [0, 0.1) is 6.92 Å². The van der Waals surface area contributed by atoms with Gasteiger partial charge in [-0.05, 0) is 68.5 Å². The Hall–Kier alpha value is -2.92. The van der Waals surface area contributed by atoms with Crippen molar-refractivity contribution in [1.82, 2.24) is 19.3 Å². The normalized spacial score (nSPS) is 13.5. The molecule has 0 unspecified atom stereocenters. The minimum atomic E-state index is -0.0694. The average Bonchev–Trinajstić information content (AvgIpc) is 2.89. The quantitative estimate of drug-likeness (QED) is 0.438. The minimum absolute atomic E-state index is 0. The summed E-state index contributed by atoms with van der Waals surface area (Å²) in [5.41, 5.74) is 7.32. The van der Waals surface area contributed by atoms with E-state index in [2.05, 4.69) is 40.0 Å². The van der Waals surface area contributed by atoms with Crippen LogP contribution in [0.5, 0.6) is 0 Å². The van der Waals surface area contributed by atoms with E-state index in [0.29, 0.717) is 5.69 Å². The minimum Gasteiger partial charge on any atom is -0.347 e. The van der Waals surface area contributed by atoms with Crippen LogP contribution in [0.2, 0.25) is 0 Å². The molecule has 1 aromatic carbocycles. The average molecular weight is 421 g/mol. The number of fused-ring (bicyclic) bond motifs is 3. The summed E-state index contributed by atoms with van der Waals surface area (Å²) in [7, 11) is 2.15. The Balaban J connectivity index is 0.00000218. The van der Waals surface area contributed by atoms with Crippen LogP contribution in [0.25, 0.3) is 27.8 Å². The van der Waals surface area contributed by atoms with Crippen molar-refractivity contribution in [3.8, 4) is 16.9 Å². The summed E-state index contributed by atoms with van der Waals surface area (Å²) in [5.74, 6) is 0. The van der Waals surface area contributed by atoms with Gasteiger partial charge in [0.05, 0.1) is 22.6 Å². The highest BCUT2D eigenvalue weighted by Gasteiger charge is 2.17. The fourth-order valence-electron chi connectivity index (χ4n) is 4.48. The van der Waals surface area contributed by atoms with Crippen LogP contribution >= 0.6 is 12.4 Å². The Morgan fingerprint density at radius 2 is 1.77 bits per heavy atom. The van der Waals surface area contributed by atoms with E-state index >= 15 is 0 Å². The molecule has 5 nitrogen and oxygen atoms in total. The summed E-state index contributed by atoms with van der Waals surface area (Å²) in [6.45, 7) is 1.90. The molecule has 0 atom stereocenters. The molecule has 154 valence electrons. The zero-order valence-corrected chi connectivity index (χ0v) is 18.1. The summed E-state index contributed by atoms with van der Waals surface area (Å²) in [4.78, 5) is 12.8. The maximum atomic E-state index is 12.8. The van der Waals surface area contributed by atoms with Gasteiger partial charge < -0.3 is 4.57 Å². The van der Waals surface area contributed by atoms with E-state index in [9.17, 15) is 4.79 Å². The molecule has 3 heterocycles. The standard InChI is InChI=1S/C24H24N4O.ClH/c1-16-8-11-21(26-25-16)17-12-13-28(24(29)14-17)18-9-10-20-19-6-4-3-5-7-22(19)27(2)23(20)15-18;/h8-15H,3-7H2,1-2H3;1H. The van der Waals surface area contributed by atoms with E-state index in [1.54, 1.807) is 10.6 Å². The highest BCUT2D eigenvalue weighted by Crippen LogP contribution is 2.31. The molecule has 5 rings (SSSR count). The van der Waals surface area contributed by atoms with Crippen molar-refractivity contribution in [2.24, 2.45) is 7.05 Å². The number of halogens is 1. The van der Waals surface area contributed by atoms with Crippen LogP contribution in [-0.4, -0.2) is 19.3 Å². The van der Waals surface area contributed by atoms with E-state index in [1.165, 1.54) is 41.4 Å². The van der Waals surface area contributed by atoms with Gasteiger partial charge in [-0.2, -0.15) is 10.2 Å². The third kappa shape index (κ3) is 3.43. The molecule has 0 radical (unpaired) electrons. The van der Waals surface area contributed by atoms with Crippen LogP contribution in [0.1, 0.15) is 36.2 Å². The van der Waals surface area contributed by atoms with E-state index in [0.717, 1.165) is 29.8 Å². The first-order chi connectivity index (χ1) is 14.1. The fraction of sp³-hybridized carbons (Fsp3) is 0.292. The lowest BCUT2D eigenvalue weighted by Gasteiger charge is -2.09. The zero-order chi connectivity index (χ0) is 20.0. The van der Waals surface area contributed by atoms with Crippen molar-refractivity contribution in [1.29, 1.82) is 0 Å². The fourth-order valence-corrected chi connectivity index (χ4v) is 4.48. The topological polar surface area (TPSA) is 52.7 Å². The molecule has 0 saturated carbocycles. The molecule has 1 aliphatic carbocycles. The molecule has 0 N–H and O–H groups in total. The summed E-state index contributed by atoms with van der Waals surface area (Å²) < 4.78 is 4.02. The Kier molecular flexibility index (Phi) is 5.48. The van der Waals surface area contributed by atoms with Crippen molar-refractivity contribution in [3.63, 3.8) is 0 Å². The molecule has 0 saturated heterocycles. The van der Waals surface area contributed by atoms with Crippen molar-refractivity contribution < 1.29 is 0 Å². The molecule has 0 fully saturated rings. The van der Waals surface area contributed by atoms with Gasteiger partial charge in [-0.3, -0.25) is 9.36 Å². The van der Waals surface area contributed by atoms with Gasteiger partial charge in [-0.1, -0.05) is 12.5 Å². The van der Waals surface area contributed by atoms with E-state index in [-0.39, 0.29) is 18.0 Å². The number of aryl methyl sites for hydroxylation is 3. The number of rotatable bonds is 2. The molecule has 1 aliphatic rings. The first kappa shape index (κ1) is 20.4. The first-order valence-electron chi connectivity index (χ1n) is 10.3. The van der Waals surface area contributed by atoms with E-state index in [1.807, 2.05) is 31.3 Å². The van der Waals surface area contributed by atoms with Crippen LogP contribution in [0.15, 0.2) is 53.5 Å². The van der Waals surface area contributed by atoms with Crippen LogP contribution in [-0.2, 0) is 19.9 Å². The van der Waals surface area contributed by atoms with Crippen molar-refractivity contribution in [2.75, 3.05) is 0 Å². The number of hydrogen-bond donors (Lipinski definition) is 0.